The van der Waals surface area contributed by atoms with E-state index in [1.54, 1.807) is 22.7 Å². The third-order valence-electron chi connectivity index (χ3n) is 8.00. The number of carbonyl (C=O) groups excluding carboxylic acids is 2. The second-order valence-corrected chi connectivity index (χ2v) is 11.4. The Morgan fingerprint density at radius 3 is 2.59 bits per heavy atom. The van der Waals surface area contributed by atoms with Crippen LogP contribution in [0.5, 0.6) is 0 Å². The van der Waals surface area contributed by atoms with Gasteiger partial charge in [-0.05, 0) is 44.9 Å². The molecule has 0 radical (unpaired) electrons. The highest BCUT2D eigenvalue weighted by atomic mass is 32.2. The Kier molecular flexibility index (Phi) is 7.20. The van der Waals surface area contributed by atoms with E-state index < -0.39 is 28.6 Å². The highest BCUT2D eigenvalue weighted by Gasteiger charge is 2.74. The van der Waals surface area contributed by atoms with Crippen LogP contribution in [0.15, 0.2) is 12.7 Å². The second kappa shape index (κ2) is 9.75. The molecule has 1 aliphatic carbocycles. The predicted octanol–water partition coefficient (Wildman–Crippen LogP) is 2.67. The summed E-state index contributed by atoms with van der Waals surface area (Å²) in [6.45, 7) is 4.89. The van der Waals surface area contributed by atoms with E-state index in [-0.39, 0.29) is 29.7 Å². The van der Waals surface area contributed by atoms with Gasteiger partial charge in [0.1, 0.15) is 6.04 Å². The van der Waals surface area contributed by atoms with Crippen molar-refractivity contribution in [1.82, 2.24) is 9.80 Å². The van der Waals surface area contributed by atoms with Crippen molar-refractivity contribution in [2.24, 2.45) is 11.8 Å². The Morgan fingerprint density at radius 1 is 1.19 bits per heavy atom. The quantitative estimate of drug-likeness (QED) is 0.381. The minimum atomic E-state index is -0.911. The lowest BCUT2D eigenvalue weighted by Crippen LogP contribution is -2.57. The zero-order valence-corrected chi connectivity index (χ0v) is 19.6. The van der Waals surface area contributed by atoms with E-state index in [9.17, 15) is 19.5 Å². The zero-order valence-electron chi connectivity index (χ0n) is 18.8. The molecule has 8 heteroatoms. The van der Waals surface area contributed by atoms with Crippen molar-refractivity contribution >= 4 is 29.5 Å². The van der Waals surface area contributed by atoms with Crippen molar-refractivity contribution in [2.45, 2.75) is 86.3 Å². The standard InChI is InChI=1S/C24H36N2O5S/c1-2-13-25(16-9-5-3-6-10-16)22(29)20-24-12-11-17(32-24)18(23(30)31)19(24)21(28)26(20)14-7-4-8-15-27/h2,16-20,27H,1,3-15H2,(H,30,31)/t17-,18+,19-,20?,24?/m0/s1. The first-order valence-corrected chi connectivity index (χ1v) is 13.1. The van der Waals surface area contributed by atoms with Crippen LogP contribution >= 0.6 is 11.8 Å². The third-order valence-corrected chi connectivity index (χ3v) is 9.95. The van der Waals surface area contributed by atoms with E-state index >= 15 is 0 Å². The van der Waals surface area contributed by atoms with Crippen molar-refractivity contribution in [3.63, 3.8) is 0 Å². The van der Waals surface area contributed by atoms with Crippen LogP contribution in [0, 0.1) is 11.8 Å². The molecule has 32 heavy (non-hydrogen) atoms. The molecule has 1 spiro atoms. The molecule has 0 aromatic rings. The van der Waals surface area contributed by atoms with Gasteiger partial charge in [0.25, 0.3) is 0 Å². The van der Waals surface area contributed by atoms with Gasteiger partial charge in [-0.1, -0.05) is 25.3 Å². The lowest BCUT2D eigenvalue weighted by Gasteiger charge is -2.41. The van der Waals surface area contributed by atoms with Gasteiger partial charge in [-0.25, -0.2) is 0 Å². The fraction of sp³-hybridized carbons (Fsp3) is 0.792. The van der Waals surface area contributed by atoms with Crippen molar-refractivity contribution in [3.05, 3.63) is 12.7 Å². The number of carboxylic acid groups (broad SMARTS) is 1. The highest BCUT2D eigenvalue weighted by molar-refractivity contribution is 8.02. The maximum absolute atomic E-state index is 14.2. The van der Waals surface area contributed by atoms with Gasteiger partial charge in [-0.2, -0.15) is 0 Å². The van der Waals surface area contributed by atoms with E-state index in [1.165, 1.54) is 6.42 Å². The number of hydrogen-bond acceptors (Lipinski definition) is 5. The third kappa shape index (κ3) is 3.87. The van der Waals surface area contributed by atoms with Crippen LogP contribution in [0.2, 0.25) is 0 Å². The largest absolute Gasteiger partial charge is 0.481 e. The van der Waals surface area contributed by atoms with Crippen LogP contribution in [0.1, 0.15) is 64.2 Å². The number of thioether (sulfide) groups is 1. The average molecular weight is 465 g/mol. The molecule has 2 N–H and O–H groups in total. The molecule has 1 saturated carbocycles. The number of likely N-dealkylation sites (tertiary alicyclic amines) is 1. The minimum Gasteiger partial charge on any atom is -0.481 e. The molecule has 4 rings (SSSR count). The molecule has 4 fully saturated rings. The Bertz CT molecular complexity index is 755. The van der Waals surface area contributed by atoms with Gasteiger partial charge in [0, 0.05) is 31.0 Å². The van der Waals surface area contributed by atoms with Crippen LogP contribution in [0.25, 0.3) is 0 Å². The van der Waals surface area contributed by atoms with Crippen LogP contribution in [0.4, 0.5) is 0 Å². The number of amides is 2. The number of fused-ring (bicyclic) bond motifs is 1. The summed E-state index contributed by atoms with van der Waals surface area (Å²) in [7, 11) is 0. The number of rotatable bonds is 10. The molecule has 0 aromatic carbocycles. The van der Waals surface area contributed by atoms with Crippen molar-refractivity contribution in [2.75, 3.05) is 19.7 Å². The fourth-order valence-corrected chi connectivity index (χ4v) is 8.84. The minimum absolute atomic E-state index is 0.0194. The van der Waals surface area contributed by atoms with Crippen LogP contribution in [-0.4, -0.2) is 79.6 Å². The molecule has 2 amide bonds. The van der Waals surface area contributed by atoms with Gasteiger partial charge in [-0.3, -0.25) is 14.4 Å². The van der Waals surface area contributed by atoms with Crippen molar-refractivity contribution < 1.29 is 24.6 Å². The van der Waals surface area contributed by atoms with Gasteiger partial charge in [-0.15, -0.1) is 18.3 Å². The van der Waals surface area contributed by atoms with Crippen LogP contribution < -0.4 is 0 Å². The molecule has 5 atom stereocenters. The first-order valence-electron chi connectivity index (χ1n) is 12.2. The fourth-order valence-electron chi connectivity index (χ4n) is 6.63. The highest BCUT2D eigenvalue weighted by Crippen LogP contribution is 2.66. The van der Waals surface area contributed by atoms with Crippen LogP contribution in [-0.2, 0) is 14.4 Å². The number of hydrogen-bond donors (Lipinski definition) is 2. The number of aliphatic carboxylic acids is 1. The van der Waals surface area contributed by atoms with E-state index in [0.717, 1.165) is 44.9 Å². The molecule has 3 heterocycles. The number of aliphatic hydroxyl groups excluding tert-OH is 1. The number of unbranched alkanes of at least 4 members (excludes halogenated alkanes) is 2. The molecule has 178 valence electrons. The lowest BCUT2D eigenvalue weighted by atomic mass is 9.71. The Balaban J connectivity index is 1.66. The number of carboxylic acids is 1. The predicted molar refractivity (Wildman–Crippen MR) is 123 cm³/mol. The summed E-state index contributed by atoms with van der Waals surface area (Å²) in [4.78, 5) is 43.6. The smallest absolute Gasteiger partial charge is 0.308 e. The maximum Gasteiger partial charge on any atom is 0.308 e. The number of aliphatic hydroxyl groups is 1. The molecular formula is C24H36N2O5S. The van der Waals surface area contributed by atoms with Crippen molar-refractivity contribution in [3.8, 4) is 0 Å². The Morgan fingerprint density at radius 2 is 1.94 bits per heavy atom. The monoisotopic (exact) mass is 464 g/mol. The molecule has 3 aliphatic heterocycles. The first kappa shape index (κ1) is 23.6. The summed E-state index contributed by atoms with van der Waals surface area (Å²) in [6, 6.07) is -0.440. The average Bonchev–Trinajstić information content (AvgIpc) is 3.43. The van der Waals surface area contributed by atoms with E-state index in [0.29, 0.717) is 25.9 Å². The van der Waals surface area contributed by atoms with Gasteiger partial charge in [0.15, 0.2) is 0 Å². The molecule has 2 unspecified atom stereocenters. The van der Waals surface area contributed by atoms with Gasteiger partial charge in [0.2, 0.25) is 11.8 Å². The SMILES string of the molecule is C=CCN(C(=O)C1N(CCCCCO)C(=O)[C@@H]2[C@H](C(=O)O)[C@@H]3CCC12S3)C1CCCCC1. The van der Waals surface area contributed by atoms with E-state index in [4.69, 9.17) is 5.11 Å². The topological polar surface area (TPSA) is 98.2 Å². The molecular weight excluding hydrogens is 428 g/mol. The lowest BCUT2D eigenvalue weighted by molar-refractivity contribution is -0.148. The summed E-state index contributed by atoms with van der Waals surface area (Å²) in [5.74, 6) is -2.41. The maximum atomic E-state index is 14.2. The summed E-state index contributed by atoms with van der Waals surface area (Å²) < 4.78 is -0.632. The van der Waals surface area contributed by atoms with Crippen LogP contribution in [0.3, 0.4) is 0 Å². The number of nitrogens with zero attached hydrogens (tertiary/aromatic N) is 2. The van der Waals surface area contributed by atoms with Crippen molar-refractivity contribution in [1.29, 1.82) is 0 Å². The molecule has 4 aliphatic rings. The first-order chi connectivity index (χ1) is 15.5. The molecule has 3 saturated heterocycles. The van der Waals surface area contributed by atoms with E-state index in [1.807, 2.05) is 4.90 Å². The Labute approximate surface area is 194 Å². The summed E-state index contributed by atoms with van der Waals surface area (Å²) >= 11 is 1.60. The Hall–Kier alpha value is -1.54. The summed E-state index contributed by atoms with van der Waals surface area (Å²) in [6.07, 6.45) is 10.7. The normalized spacial score (nSPS) is 34.0. The number of carbonyl (C=O) groups is 3. The summed E-state index contributed by atoms with van der Waals surface area (Å²) in [5.41, 5.74) is 0. The second-order valence-electron chi connectivity index (χ2n) is 9.78. The molecule has 0 aromatic heterocycles. The zero-order chi connectivity index (χ0) is 22.9. The molecule has 7 nitrogen and oxygen atoms in total. The van der Waals surface area contributed by atoms with Gasteiger partial charge >= 0.3 is 5.97 Å². The van der Waals surface area contributed by atoms with Gasteiger partial charge in [0.05, 0.1) is 16.6 Å². The summed E-state index contributed by atoms with van der Waals surface area (Å²) in [5, 5.41) is 19.0. The van der Waals surface area contributed by atoms with E-state index in [2.05, 4.69) is 6.58 Å². The van der Waals surface area contributed by atoms with Gasteiger partial charge < -0.3 is 20.0 Å². The molecule has 2 bridgehead atoms.